The van der Waals surface area contributed by atoms with E-state index in [0.717, 1.165) is 32.5 Å². The van der Waals surface area contributed by atoms with E-state index in [0.29, 0.717) is 24.7 Å². The van der Waals surface area contributed by atoms with Crippen molar-refractivity contribution in [1.82, 2.24) is 19.4 Å². The van der Waals surface area contributed by atoms with Crippen LogP contribution in [0.5, 0.6) is 0 Å². The molecular weight excluding hydrogens is 597 g/mol. The highest BCUT2D eigenvalue weighted by Gasteiger charge is 2.37. The number of thioether (sulfide) groups is 1. The van der Waals surface area contributed by atoms with Gasteiger partial charge in [0.2, 0.25) is 5.91 Å². The van der Waals surface area contributed by atoms with E-state index in [9.17, 15) is 18.8 Å². The van der Waals surface area contributed by atoms with Crippen molar-refractivity contribution < 1.29 is 23.5 Å². The van der Waals surface area contributed by atoms with Gasteiger partial charge in [0.05, 0.1) is 30.2 Å². The maximum absolute atomic E-state index is 13.9. The van der Waals surface area contributed by atoms with Crippen molar-refractivity contribution in [3.8, 4) is 11.1 Å². The van der Waals surface area contributed by atoms with Crippen molar-refractivity contribution in [3.63, 3.8) is 0 Å². The van der Waals surface area contributed by atoms with E-state index in [1.807, 2.05) is 47.6 Å². The van der Waals surface area contributed by atoms with Gasteiger partial charge in [0.1, 0.15) is 23.8 Å². The zero-order valence-electron chi connectivity index (χ0n) is 27.2. The average molecular weight is 640 g/mol. The summed E-state index contributed by atoms with van der Waals surface area (Å²) < 4.78 is 27.3. The van der Waals surface area contributed by atoms with Gasteiger partial charge in [-0.25, -0.2) is 14.0 Å². The van der Waals surface area contributed by atoms with Crippen LogP contribution in [0.2, 0.25) is 0 Å². The number of aryl methyl sites for hydroxylation is 1. The molecule has 3 atom stereocenters. The average Bonchev–Trinajstić information content (AvgIpc) is 3.13. The number of anilines is 1. The minimum atomic E-state index is -0.614. The summed E-state index contributed by atoms with van der Waals surface area (Å²) in [6, 6.07) is 8.02. The van der Waals surface area contributed by atoms with E-state index in [2.05, 4.69) is 9.88 Å². The molecule has 0 N–H and O–H groups in total. The van der Waals surface area contributed by atoms with Crippen molar-refractivity contribution in [2.24, 2.45) is 0 Å². The number of piperazine rings is 1. The minimum absolute atomic E-state index is 0.0977. The lowest BCUT2D eigenvalue weighted by atomic mass is 9.97. The maximum atomic E-state index is 13.9. The fourth-order valence-electron chi connectivity index (χ4n) is 6.07. The number of ether oxygens (including phenoxy) is 2. The molecule has 12 heteroatoms. The summed E-state index contributed by atoms with van der Waals surface area (Å²) in [4.78, 5) is 50.1. The number of nitrogens with zero attached hydrogens (tertiary/aromatic N) is 5. The lowest BCUT2D eigenvalue weighted by Crippen LogP contribution is -2.59. The van der Waals surface area contributed by atoms with Gasteiger partial charge in [-0.15, -0.1) is 11.8 Å². The molecule has 3 heterocycles. The van der Waals surface area contributed by atoms with Crippen molar-refractivity contribution in [1.29, 1.82) is 0 Å². The highest BCUT2D eigenvalue weighted by Crippen LogP contribution is 2.44. The second kappa shape index (κ2) is 12.6. The highest BCUT2D eigenvalue weighted by atomic mass is 32.2. The van der Waals surface area contributed by atoms with Crippen LogP contribution in [0, 0.1) is 12.7 Å². The molecule has 10 nitrogen and oxygen atoms in total. The first kappa shape index (κ1) is 32.7. The number of rotatable bonds is 5. The Kier molecular flexibility index (Phi) is 9.19. The van der Waals surface area contributed by atoms with Crippen LogP contribution < -0.4 is 10.6 Å². The second-order valence-corrected chi connectivity index (χ2v) is 14.2. The van der Waals surface area contributed by atoms with E-state index in [4.69, 9.17) is 9.47 Å². The molecule has 2 aliphatic heterocycles. The van der Waals surface area contributed by atoms with E-state index in [1.165, 1.54) is 17.0 Å². The molecule has 1 fully saturated rings. The number of aromatic nitrogens is 2. The van der Waals surface area contributed by atoms with E-state index in [-0.39, 0.29) is 43.1 Å². The van der Waals surface area contributed by atoms with Crippen molar-refractivity contribution in [2.75, 3.05) is 44.4 Å². The van der Waals surface area contributed by atoms with Crippen molar-refractivity contribution in [3.05, 3.63) is 52.2 Å². The van der Waals surface area contributed by atoms with E-state index < -0.39 is 17.4 Å². The van der Waals surface area contributed by atoms with Crippen molar-refractivity contribution in [2.45, 2.75) is 76.8 Å². The largest absolute Gasteiger partial charge is 0.444 e. The molecule has 2 aliphatic rings. The van der Waals surface area contributed by atoms with Crippen LogP contribution in [0.3, 0.4) is 0 Å². The number of hydrogen-bond donors (Lipinski definition) is 0. The van der Waals surface area contributed by atoms with Gasteiger partial charge in [0.25, 0.3) is 0 Å². The SMILES string of the molecule is Cc1cc2c(N3C[C@@H](C)N(C(=O)OC(C)(C)C)[C@@H](C)C3)nc(=O)n3c2c(c1-c1ccc(F)cc1)SC[C@@H](OCC(=O)N(C)C)C3. The summed E-state index contributed by atoms with van der Waals surface area (Å²) in [5.74, 6) is 0.579. The number of likely N-dealkylation sites (N-methyl/N-ethyl adjacent to an activating group) is 1. The van der Waals surface area contributed by atoms with E-state index in [1.54, 1.807) is 47.5 Å². The Labute approximate surface area is 267 Å². The fourth-order valence-corrected chi connectivity index (χ4v) is 7.40. The molecule has 0 unspecified atom stereocenters. The number of benzene rings is 2. The predicted octanol–water partition coefficient (Wildman–Crippen LogP) is 4.92. The van der Waals surface area contributed by atoms with Gasteiger partial charge in [-0.3, -0.25) is 14.3 Å². The number of hydrogen-bond acceptors (Lipinski definition) is 8. The lowest BCUT2D eigenvalue weighted by Gasteiger charge is -2.45. The zero-order chi connectivity index (χ0) is 32.8. The molecule has 45 heavy (non-hydrogen) atoms. The third-order valence-electron chi connectivity index (χ3n) is 8.09. The van der Waals surface area contributed by atoms with Gasteiger partial charge < -0.3 is 19.3 Å². The third kappa shape index (κ3) is 6.81. The highest BCUT2D eigenvalue weighted by molar-refractivity contribution is 7.99. The first-order valence-electron chi connectivity index (χ1n) is 15.2. The van der Waals surface area contributed by atoms with Gasteiger partial charge in [-0.1, -0.05) is 12.1 Å². The van der Waals surface area contributed by atoms with Crippen LogP contribution >= 0.6 is 11.8 Å². The Morgan fingerprint density at radius 2 is 1.73 bits per heavy atom. The third-order valence-corrected chi connectivity index (χ3v) is 9.32. The number of halogens is 1. The second-order valence-electron chi connectivity index (χ2n) is 13.2. The molecule has 0 saturated carbocycles. The van der Waals surface area contributed by atoms with Crippen LogP contribution in [-0.4, -0.2) is 94.7 Å². The van der Waals surface area contributed by atoms with Crippen LogP contribution in [0.4, 0.5) is 15.0 Å². The molecule has 2 amide bonds. The number of carbonyl (C=O) groups excluding carboxylic acids is 2. The predicted molar refractivity (Wildman–Crippen MR) is 175 cm³/mol. The first-order valence-corrected chi connectivity index (χ1v) is 16.2. The summed E-state index contributed by atoms with van der Waals surface area (Å²) in [7, 11) is 3.35. The van der Waals surface area contributed by atoms with Crippen LogP contribution in [0.25, 0.3) is 22.0 Å². The Hall–Kier alpha value is -3.64. The standard InChI is InChI=1S/C33H42FN5O5S/c1-19-13-25-28-29(27(19)22-9-11-23(34)12-10-22)45-18-24(43-17-26(40)36(7)8)16-38(28)31(41)35-30(25)37-14-20(2)39(21(3)15-37)32(42)44-33(4,5)6/h9-13,20-21,24H,14-18H2,1-8H3/t20-,21+,24-/m0/s1. The van der Waals surface area contributed by atoms with Crippen molar-refractivity contribution >= 4 is 40.5 Å². The minimum Gasteiger partial charge on any atom is -0.444 e. The summed E-state index contributed by atoms with van der Waals surface area (Å²) in [5, 5.41) is 0.815. The van der Waals surface area contributed by atoms with Gasteiger partial charge in [0, 0.05) is 48.8 Å². The molecule has 1 aromatic heterocycles. The first-order chi connectivity index (χ1) is 21.1. The molecule has 2 aromatic carbocycles. The summed E-state index contributed by atoms with van der Waals surface area (Å²) >= 11 is 1.57. The zero-order valence-corrected chi connectivity index (χ0v) is 28.0. The summed E-state index contributed by atoms with van der Waals surface area (Å²) in [5.41, 5.74) is 2.42. The molecule has 242 valence electrons. The van der Waals surface area contributed by atoms with Crippen LogP contribution in [-0.2, 0) is 20.8 Å². The Morgan fingerprint density at radius 1 is 1.09 bits per heavy atom. The van der Waals surface area contributed by atoms with Gasteiger partial charge >= 0.3 is 11.8 Å². The molecule has 0 aliphatic carbocycles. The molecule has 3 aromatic rings. The van der Waals surface area contributed by atoms with Gasteiger partial charge in [-0.2, -0.15) is 4.98 Å². The lowest BCUT2D eigenvalue weighted by molar-refractivity contribution is -0.135. The van der Waals surface area contributed by atoms with Gasteiger partial charge in [0.15, 0.2) is 0 Å². The smallest absolute Gasteiger partial charge is 0.410 e. The van der Waals surface area contributed by atoms with E-state index >= 15 is 0 Å². The normalized spacial score (nSPS) is 20.2. The Balaban J connectivity index is 1.61. The molecule has 0 radical (unpaired) electrons. The monoisotopic (exact) mass is 639 g/mol. The molecule has 1 saturated heterocycles. The van der Waals surface area contributed by atoms with Crippen LogP contribution in [0.15, 0.2) is 40.0 Å². The number of amides is 2. The Morgan fingerprint density at radius 3 is 2.33 bits per heavy atom. The maximum Gasteiger partial charge on any atom is 0.410 e. The van der Waals surface area contributed by atoms with Gasteiger partial charge in [-0.05, 0) is 70.9 Å². The fraction of sp³-hybridized carbons (Fsp3) is 0.515. The Bertz CT molecular complexity index is 1660. The molecule has 0 spiro atoms. The summed E-state index contributed by atoms with van der Waals surface area (Å²) in [6.07, 6.45) is -0.780. The molecule has 5 rings (SSSR count). The van der Waals surface area contributed by atoms with Crippen LogP contribution in [0.1, 0.15) is 40.2 Å². The quantitative estimate of drug-likeness (QED) is 0.388. The topological polar surface area (TPSA) is 97.2 Å². The number of carbonyl (C=O) groups is 2. The summed E-state index contributed by atoms with van der Waals surface area (Å²) in [6.45, 7) is 12.6. The molecule has 0 bridgehead atoms. The molecular formula is C33H42FN5O5S.